The van der Waals surface area contributed by atoms with Crippen molar-refractivity contribution in [2.45, 2.75) is 0 Å². The molecule has 0 atom stereocenters. The summed E-state index contributed by atoms with van der Waals surface area (Å²) >= 11 is 0. The largest absolute Gasteiger partial charge is 0.310 e. The van der Waals surface area contributed by atoms with E-state index in [0.29, 0.717) is 11.3 Å². The van der Waals surface area contributed by atoms with Crippen LogP contribution in [0.25, 0.3) is 82.1 Å². The highest BCUT2D eigenvalue weighted by Gasteiger charge is 2.17. The Hall–Kier alpha value is -6.88. The zero-order valence-corrected chi connectivity index (χ0v) is 25.8. The highest BCUT2D eigenvalue weighted by Crippen LogP contribution is 2.39. The quantitative estimate of drug-likeness (QED) is 0.183. The van der Waals surface area contributed by atoms with Crippen LogP contribution < -0.4 is 0 Å². The molecule has 0 unspecified atom stereocenters. The van der Waals surface area contributed by atoms with Crippen molar-refractivity contribution in [3.05, 3.63) is 175 Å². The van der Waals surface area contributed by atoms with Gasteiger partial charge in [-0.25, -0.2) is 4.85 Å². The molecule has 222 valence electrons. The molecule has 0 amide bonds. The van der Waals surface area contributed by atoms with Gasteiger partial charge in [0.15, 0.2) is 5.69 Å². The summed E-state index contributed by atoms with van der Waals surface area (Å²) < 4.78 is 4.53. The number of hydrogen-bond acceptors (Lipinski definition) is 1. The lowest BCUT2D eigenvalue weighted by Gasteiger charge is -2.16. The molecule has 2 aromatic heterocycles. The normalized spacial score (nSPS) is 11.3. The Morgan fingerprint density at radius 2 is 1.10 bits per heavy atom. The van der Waals surface area contributed by atoms with Crippen molar-refractivity contribution in [3.8, 4) is 39.7 Å². The standard InChI is InChI=1S/C44H26N4/c1-46-33-22-25-35(43(27-33)48-39-16-5-2-13-36(39)37-14-3-6-17-40(37)48)31-11-8-10-30(26-31)29-20-23-34(24-21-29)47-41-18-7-4-15-38(41)44-32(28-45)12-9-19-42(44)47/h2-27H. The predicted molar refractivity (Wildman–Crippen MR) is 197 cm³/mol. The highest BCUT2D eigenvalue weighted by atomic mass is 15.0. The van der Waals surface area contributed by atoms with Crippen molar-refractivity contribution in [1.29, 1.82) is 5.26 Å². The molecule has 0 spiro atoms. The lowest BCUT2D eigenvalue weighted by atomic mass is 9.97. The molecule has 4 heteroatoms. The monoisotopic (exact) mass is 610 g/mol. The minimum Gasteiger partial charge on any atom is -0.310 e. The molecular formula is C44H26N4. The van der Waals surface area contributed by atoms with Gasteiger partial charge in [-0.05, 0) is 71.3 Å². The van der Waals surface area contributed by atoms with E-state index in [-0.39, 0.29) is 0 Å². The first-order chi connectivity index (χ1) is 23.7. The molecule has 48 heavy (non-hydrogen) atoms. The number of para-hydroxylation sites is 3. The van der Waals surface area contributed by atoms with Crippen LogP contribution in [0.1, 0.15) is 5.56 Å². The molecule has 0 bridgehead atoms. The Bertz CT molecular complexity index is 2750. The summed E-state index contributed by atoms with van der Waals surface area (Å²) in [5.41, 5.74) is 12.0. The summed E-state index contributed by atoms with van der Waals surface area (Å²) in [5, 5.41) is 14.3. The molecule has 0 saturated heterocycles. The van der Waals surface area contributed by atoms with E-state index in [0.717, 1.165) is 66.5 Å². The smallest absolute Gasteiger partial charge is 0.189 e. The molecule has 0 aliphatic carbocycles. The van der Waals surface area contributed by atoms with Crippen molar-refractivity contribution in [1.82, 2.24) is 9.13 Å². The zero-order chi connectivity index (χ0) is 32.2. The number of benzene rings is 7. The third kappa shape index (κ3) is 4.14. The van der Waals surface area contributed by atoms with E-state index >= 15 is 0 Å². The van der Waals surface area contributed by atoms with Crippen LogP contribution in [0.3, 0.4) is 0 Å². The Morgan fingerprint density at radius 3 is 1.79 bits per heavy atom. The maximum atomic E-state index is 9.86. The third-order valence-electron chi connectivity index (χ3n) is 9.38. The van der Waals surface area contributed by atoms with Gasteiger partial charge in [-0.1, -0.05) is 103 Å². The van der Waals surface area contributed by atoms with Crippen molar-refractivity contribution in [3.63, 3.8) is 0 Å². The van der Waals surface area contributed by atoms with E-state index in [4.69, 9.17) is 6.57 Å². The molecule has 4 nitrogen and oxygen atoms in total. The van der Waals surface area contributed by atoms with Gasteiger partial charge in [0.1, 0.15) is 0 Å². The Kier molecular flexibility index (Phi) is 6.22. The lowest BCUT2D eigenvalue weighted by molar-refractivity contribution is 1.18. The fourth-order valence-electron chi connectivity index (χ4n) is 7.26. The van der Waals surface area contributed by atoms with E-state index in [1.54, 1.807) is 0 Å². The average Bonchev–Trinajstić information content (AvgIpc) is 3.68. The minimum absolute atomic E-state index is 0.606. The van der Waals surface area contributed by atoms with Crippen molar-refractivity contribution < 1.29 is 0 Å². The molecule has 0 aliphatic heterocycles. The van der Waals surface area contributed by atoms with Gasteiger partial charge >= 0.3 is 0 Å². The van der Waals surface area contributed by atoms with Gasteiger partial charge < -0.3 is 9.13 Å². The summed E-state index contributed by atoms with van der Waals surface area (Å²) in [4.78, 5) is 3.80. The van der Waals surface area contributed by atoms with E-state index in [1.807, 2.05) is 36.4 Å². The fraction of sp³-hybridized carbons (Fsp3) is 0. The first-order valence-corrected chi connectivity index (χ1v) is 15.9. The first kappa shape index (κ1) is 27.4. The van der Waals surface area contributed by atoms with Crippen LogP contribution in [0.2, 0.25) is 0 Å². The summed E-state index contributed by atoms with van der Waals surface area (Å²) in [6.45, 7) is 7.79. The second-order valence-electron chi connectivity index (χ2n) is 12.0. The van der Waals surface area contributed by atoms with Crippen molar-refractivity contribution in [2.75, 3.05) is 0 Å². The van der Waals surface area contributed by atoms with Gasteiger partial charge in [-0.3, -0.25) is 0 Å². The summed E-state index contributed by atoms with van der Waals surface area (Å²) in [7, 11) is 0. The van der Waals surface area contributed by atoms with Crippen molar-refractivity contribution >= 4 is 49.3 Å². The van der Waals surface area contributed by atoms with Gasteiger partial charge in [0.05, 0.1) is 40.3 Å². The minimum atomic E-state index is 0.606. The molecule has 7 aromatic carbocycles. The predicted octanol–water partition coefficient (Wildman–Crippen LogP) is 11.6. The molecule has 0 saturated carbocycles. The number of hydrogen-bond donors (Lipinski definition) is 0. The number of nitriles is 1. The third-order valence-corrected chi connectivity index (χ3v) is 9.38. The maximum absolute atomic E-state index is 9.86. The SMILES string of the molecule is [C-]#[N+]c1ccc(-c2cccc(-c3ccc(-n4c5ccccc5c5c(C#N)cccc54)cc3)c2)c(-n2c3ccccc3c3ccccc32)c1. The van der Waals surface area contributed by atoms with E-state index in [1.165, 1.54) is 10.8 Å². The van der Waals surface area contributed by atoms with E-state index in [9.17, 15) is 5.26 Å². The highest BCUT2D eigenvalue weighted by molar-refractivity contribution is 6.12. The number of fused-ring (bicyclic) bond motifs is 6. The van der Waals surface area contributed by atoms with Crippen LogP contribution >= 0.6 is 0 Å². The van der Waals surface area contributed by atoms with Crippen LogP contribution in [0, 0.1) is 17.9 Å². The van der Waals surface area contributed by atoms with Crippen LogP contribution in [-0.4, -0.2) is 9.13 Å². The molecule has 9 aromatic rings. The lowest BCUT2D eigenvalue weighted by Crippen LogP contribution is -1.97. The number of nitrogens with zero attached hydrogens (tertiary/aromatic N) is 4. The summed E-state index contributed by atoms with van der Waals surface area (Å²) in [6.07, 6.45) is 0. The Morgan fingerprint density at radius 1 is 0.500 bits per heavy atom. The van der Waals surface area contributed by atoms with Gasteiger partial charge in [-0.15, -0.1) is 0 Å². The second-order valence-corrected chi connectivity index (χ2v) is 12.0. The molecule has 9 rings (SSSR count). The maximum Gasteiger partial charge on any atom is 0.189 e. The Balaban J connectivity index is 1.17. The summed E-state index contributed by atoms with van der Waals surface area (Å²) in [6, 6.07) is 56.8. The van der Waals surface area contributed by atoms with Gasteiger partial charge in [-0.2, -0.15) is 5.26 Å². The number of rotatable bonds is 4. The topological polar surface area (TPSA) is 38.0 Å². The van der Waals surface area contributed by atoms with Gasteiger partial charge in [0.25, 0.3) is 0 Å². The van der Waals surface area contributed by atoms with E-state index in [2.05, 4.69) is 141 Å². The molecular weight excluding hydrogens is 585 g/mol. The van der Waals surface area contributed by atoms with Gasteiger partial charge in [0, 0.05) is 38.5 Å². The fourth-order valence-corrected chi connectivity index (χ4v) is 7.26. The molecule has 0 N–H and O–H groups in total. The van der Waals surface area contributed by atoms with Crippen LogP contribution in [0.4, 0.5) is 5.69 Å². The van der Waals surface area contributed by atoms with E-state index < -0.39 is 0 Å². The van der Waals surface area contributed by atoms with Crippen molar-refractivity contribution in [2.24, 2.45) is 0 Å². The van der Waals surface area contributed by atoms with Gasteiger partial charge in [0.2, 0.25) is 0 Å². The van der Waals surface area contributed by atoms with Crippen LogP contribution in [-0.2, 0) is 0 Å². The molecule has 0 radical (unpaired) electrons. The molecule has 0 aliphatic rings. The molecule has 2 heterocycles. The average molecular weight is 611 g/mol. The zero-order valence-electron chi connectivity index (χ0n) is 25.8. The van der Waals surface area contributed by atoms with Crippen LogP contribution in [0.5, 0.6) is 0 Å². The number of aromatic nitrogens is 2. The van der Waals surface area contributed by atoms with Crippen LogP contribution in [0.15, 0.2) is 158 Å². The second kappa shape index (κ2) is 10.9. The molecule has 0 fully saturated rings. The summed E-state index contributed by atoms with van der Waals surface area (Å²) in [5.74, 6) is 0. The Labute approximate surface area is 277 Å². The first-order valence-electron chi connectivity index (χ1n) is 15.9.